The van der Waals surface area contributed by atoms with Crippen molar-refractivity contribution in [1.29, 1.82) is 0 Å². The lowest BCUT2D eigenvalue weighted by Gasteiger charge is -2.37. The molecule has 3 aromatic carbocycles. The molecular weight excluding hydrogens is 506 g/mol. The summed E-state index contributed by atoms with van der Waals surface area (Å²) in [7, 11) is -2.92. The highest BCUT2D eigenvalue weighted by molar-refractivity contribution is 7.93. The molecule has 1 aliphatic heterocycles. The Morgan fingerprint density at radius 3 is 2.26 bits per heavy atom. The largest absolute Gasteiger partial charge is 0.465 e. The van der Waals surface area contributed by atoms with Gasteiger partial charge in [-0.25, -0.2) is 13.2 Å². The van der Waals surface area contributed by atoms with Gasteiger partial charge in [-0.1, -0.05) is 42.0 Å². The minimum Gasteiger partial charge on any atom is -0.465 e. The molecule has 0 bridgehead atoms. The van der Waals surface area contributed by atoms with Crippen molar-refractivity contribution in [2.75, 3.05) is 16.7 Å². The summed E-state index contributed by atoms with van der Waals surface area (Å²) < 4.78 is 34.0. The summed E-state index contributed by atoms with van der Waals surface area (Å²) in [5, 5.41) is 5.47. The van der Waals surface area contributed by atoms with Crippen LogP contribution in [-0.2, 0) is 30.9 Å². The maximum Gasteiger partial charge on any atom is 0.337 e. The number of hydrogen-bond donors (Lipinski definition) is 2. The molecule has 1 unspecified atom stereocenters. The highest BCUT2D eigenvalue weighted by Crippen LogP contribution is 2.38. The number of benzene rings is 3. The van der Waals surface area contributed by atoms with Crippen molar-refractivity contribution in [2.24, 2.45) is 0 Å². The van der Waals surface area contributed by atoms with Crippen LogP contribution in [0.15, 0.2) is 65.6 Å². The average Bonchev–Trinajstić information content (AvgIpc) is 2.86. The van der Waals surface area contributed by atoms with Gasteiger partial charge in [0.2, 0.25) is 11.8 Å². The Morgan fingerprint density at radius 1 is 1.00 bits per heavy atom. The van der Waals surface area contributed by atoms with Crippen LogP contribution in [0.1, 0.15) is 39.0 Å². The van der Waals surface area contributed by atoms with Crippen LogP contribution in [0.25, 0.3) is 0 Å². The zero-order valence-corrected chi connectivity index (χ0v) is 22.4. The standard InChI is InChI=1S/C28H29N3O6S/c1-17-13-18(2)26(19(3)14-17)38(35,36)31-23-8-6-5-7-22(23)30-27(33)24(31)15-25(32)29-16-20-9-11-21(12-10-20)28(34)37-4/h5-14,24H,15-16H2,1-4H3,(H,29,32)(H,30,33). The van der Waals surface area contributed by atoms with Crippen molar-refractivity contribution >= 4 is 39.2 Å². The number of carbonyl (C=O) groups excluding carboxylic acids is 3. The molecule has 4 rings (SSSR count). The highest BCUT2D eigenvalue weighted by atomic mass is 32.2. The fourth-order valence-corrected chi connectivity index (χ4v) is 6.78. The van der Waals surface area contributed by atoms with Gasteiger partial charge in [0.05, 0.1) is 35.4 Å². The van der Waals surface area contributed by atoms with Crippen molar-refractivity contribution in [1.82, 2.24) is 5.32 Å². The molecule has 0 aliphatic carbocycles. The van der Waals surface area contributed by atoms with Crippen LogP contribution in [0.3, 0.4) is 0 Å². The lowest BCUT2D eigenvalue weighted by molar-refractivity contribution is -0.125. The van der Waals surface area contributed by atoms with Gasteiger partial charge in [-0.05, 0) is 61.7 Å². The molecule has 0 saturated carbocycles. The Labute approximate surface area is 221 Å². The minimum atomic E-state index is -4.22. The van der Waals surface area contributed by atoms with Gasteiger partial charge in [-0.3, -0.25) is 13.9 Å². The first-order valence-electron chi connectivity index (χ1n) is 12.0. The smallest absolute Gasteiger partial charge is 0.337 e. The molecule has 1 heterocycles. The second-order valence-corrected chi connectivity index (χ2v) is 11.0. The number of carbonyl (C=O) groups is 3. The molecular formula is C28H29N3O6S. The number of methoxy groups -OCH3 is 1. The van der Waals surface area contributed by atoms with Gasteiger partial charge in [-0.15, -0.1) is 0 Å². The summed E-state index contributed by atoms with van der Waals surface area (Å²) in [6, 6.07) is 15.4. The van der Waals surface area contributed by atoms with Crippen LogP contribution in [-0.4, -0.2) is 39.4 Å². The summed E-state index contributed by atoms with van der Waals surface area (Å²) in [5.74, 6) is -1.56. The molecule has 1 aliphatic rings. The number of para-hydroxylation sites is 2. The van der Waals surface area contributed by atoms with Gasteiger partial charge in [0, 0.05) is 6.54 Å². The Morgan fingerprint density at radius 2 is 1.63 bits per heavy atom. The minimum absolute atomic E-state index is 0.115. The molecule has 3 aromatic rings. The number of fused-ring (bicyclic) bond motifs is 1. The van der Waals surface area contributed by atoms with Gasteiger partial charge in [0.15, 0.2) is 0 Å². The van der Waals surface area contributed by atoms with E-state index in [2.05, 4.69) is 15.4 Å². The number of hydrogen-bond acceptors (Lipinski definition) is 6. The van der Waals surface area contributed by atoms with Gasteiger partial charge in [-0.2, -0.15) is 0 Å². The average molecular weight is 536 g/mol. The van der Waals surface area contributed by atoms with E-state index in [4.69, 9.17) is 0 Å². The molecule has 10 heteroatoms. The maximum absolute atomic E-state index is 14.1. The van der Waals surface area contributed by atoms with E-state index in [1.165, 1.54) is 7.11 Å². The maximum atomic E-state index is 14.1. The van der Waals surface area contributed by atoms with Gasteiger partial charge in [0.1, 0.15) is 6.04 Å². The fourth-order valence-electron chi connectivity index (χ4n) is 4.73. The molecule has 0 aromatic heterocycles. The molecule has 198 valence electrons. The summed E-state index contributed by atoms with van der Waals surface area (Å²) in [6.45, 7) is 5.45. The lowest BCUT2D eigenvalue weighted by atomic mass is 10.1. The number of anilines is 2. The summed E-state index contributed by atoms with van der Waals surface area (Å²) in [4.78, 5) is 37.9. The zero-order valence-electron chi connectivity index (χ0n) is 21.6. The molecule has 0 spiro atoms. The molecule has 0 radical (unpaired) electrons. The summed E-state index contributed by atoms with van der Waals surface area (Å²) in [6.07, 6.45) is -0.385. The van der Waals surface area contributed by atoms with E-state index in [0.29, 0.717) is 28.1 Å². The number of sulfonamides is 1. The predicted octanol–water partition coefficient (Wildman–Crippen LogP) is 3.62. The van der Waals surface area contributed by atoms with Crippen LogP contribution in [0.5, 0.6) is 0 Å². The number of ether oxygens (including phenoxy) is 1. The van der Waals surface area contributed by atoms with Crippen molar-refractivity contribution in [3.05, 3.63) is 88.5 Å². The predicted molar refractivity (Wildman–Crippen MR) is 143 cm³/mol. The van der Waals surface area contributed by atoms with Crippen LogP contribution in [0.4, 0.5) is 11.4 Å². The van der Waals surface area contributed by atoms with Crippen LogP contribution in [0, 0.1) is 20.8 Å². The second-order valence-electron chi connectivity index (χ2n) is 9.22. The van der Waals surface area contributed by atoms with Crippen LogP contribution < -0.4 is 14.9 Å². The normalized spacial score (nSPS) is 14.9. The SMILES string of the molecule is COC(=O)c1ccc(CNC(=O)CC2C(=O)Nc3ccccc3N2S(=O)(=O)c2c(C)cc(C)cc2C)cc1. The fraction of sp³-hybridized carbons (Fsp3) is 0.250. The Kier molecular flexibility index (Phi) is 7.54. The van der Waals surface area contributed by atoms with Crippen molar-refractivity contribution < 1.29 is 27.5 Å². The van der Waals surface area contributed by atoms with E-state index in [1.807, 2.05) is 6.92 Å². The number of nitrogens with zero attached hydrogens (tertiary/aromatic N) is 1. The first kappa shape index (κ1) is 26.9. The second kappa shape index (κ2) is 10.7. The van der Waals surface area contributed by atoms with E-state index in [-0.39, 0.29) is 17.9 Å². The summed E-state index contributed by atoms with van der Waals surface area (Å²) >= 11 is 0. The lowest BCUT2D eigenvalue weighted by Crippen LogP contribution is -2.53. The number of esters is 1. The summed E-state index contributed by atoms with van der Waals surface area (Å²) in [5.41, 5.74) is 3.79. The molecule has 38 heavy (non-hydrogen) atoms. The van der Waals surface area contributed by atoms with Crippen LogP contribution >= 0.6 is 0 Å². The van der Waals surface area contributed by atoms with E-state index in [9.17, 15) is 22.8 Å². The van der Waals surface area contributed by atoms with Crippen molar-refractivity contribution in [3.63, 3.8) is 0 Å². The molecule has 0 saturated heterocycles. The van der Waals surface area contributed by atoms with E-state index >= 15 is 0 Å². The monoisotopic (exact) mass is 535 g/mol. The van der Waals surface area contributed by atoms with E-state index in [0.717, 1.165) is 15.4 Å². The highest BCUT2D eigenvalue weighted by Gasteiger charge is 2.42. The van der Waals surface area contributed by atoms with Crippen LogP contribution in [0.2, 0.25) is 0 Å². The number of amides is 2. The van der Waals surface area contributed by atoms with Gasteiger partial charge >= 0.3 is 5.97 Å². The van der Waals surface area contributed by atoms with Crippen molar-refractivity contribution in [2.45, 2.75) is 44.7 Å². The molecule has 2 amide bonds. The first-order valence-corrected chi connectivity index (χ1v) is 13.4. The Bertz CT molecular complexity index is 1490. The molecule has 0 fully saturated rings. The van der Waals surface area contributed by atoms with E-state index < -0.39 is 33.8 Å². The third-order valence-corrected chi connectivity index (χ3v) is 8.48. The number of nitrogens with one attached hydrogen (secondary N) is 2. The Balaban J connectivity index is 1.63. The third kappa shape index (κ3) is 5.26. The topological polar surface area (TPSA) is 122 Å². The number of rotatable bonds is 7. The van der Waals surface area contributed by atoms with E-state index in [1.54, 1.807) is 74.5 Å². The van der Waals surface area contributed by atoms with Gasteiger partial charge < -0.3 is 15.4 Å². The zero-order chi connectivity index (χ0) is 27.6. The first-order chi connectivity index (χ1) is 18.0. The third-order valence-electron chi connectivity index (χ3n) is 6.35. The number of aryl methyl sites for hydroxylation is 3. The molecule has 9 nitrogen and oxygen atoms in total. The Hall–Kier alpha value is -4.18. The van der Waals surface area contributed by atoms with Gasteiger partial charge in [0.25, 0.3) is 10.0 Å². The quantitative estimate of drug-likeness (QED) is 0.446. The molecule has 1 atom stereocenters. The molecule has 2 N–H and O–H groups in total. The van der Waals surface area contributed by atoms with Crippen molar-refractivity contribution in [3.8, 4) is 0 Å².